The number of nitrogens with two attached hydrogens (primary N) is 1. The standard InChI is InChI=1S/C18H17NO6/c1-23-14(20)9-11-7-8-13(16-15(11)24-10-25-16)18(22,17(19)21)12-5-3-2-4-6-12/h2-8,22H,9-10H2,1H3,(H2,19,21). The van der Waals surface area contributed by atoms with E-state index in [9.17, 15) is 14.7 Å². The molecule has 2 aromatic carbocycles. The van der Waals surface area contributed by atoms with E-state index in [1.807, 2.05) is 0 Å². The van der Waals surface area contributed by atoms with Gasteiger partial charge in [0.2, 0.25) is 6.79 Å². The van der Waals surface area contributed by atoms with E-state index in [4.69, 9.17) is 15.2 Å². The van der Waals surface area contributed by atoms with Crippen LogP contribution >= 0.6 is 0 Å². The molecule has 7 heteroatoms. The van der Waals surface area contributed by atoms with Gasteiger partial charge in [-0.15, -0.1) is 0 Å². The van der Waals surface area contributed by atoms with Gasteiger partial charge in [0.25, 0.3) is 5.91 Å². The molecule has 1 aliphatic heterocycles. The third-order valence-electron chi connectivity index (χ3n) is 4.10. The van der Waals surface area contributed by atoms with E-state index in [1.165, 1.54) is 13.2 Å². The number of ether oxygens (including phenoxy) is 3. The van der Waals surface area contributed by atoms with Crippen LogP contribution in [0.25, 0.3) is 0 Å². The molecule has 7 nitrogen and oxygen atoms in total. The fourth-order valence-corrected chi connectivity index (χ4v) is 2.81. The topological polar surface area (TPSA) is 108 Å². The quantitative estimate of drug-likeness (QED) is 0.779. The highest BCUT2D eigenvalue weighted by Crippen LogP contribution is 2.45. The van der Waals surface area contributed by atoms with Crippen molar-refractivity contribution < 1.29 is 28.9 Å². The number of primary amides is 1. The summed E-state index contributed by atoms with van der Waals surface area (Å²) in [6.45, 7) is -0.0931. The number of methoxy groups -OCH3 is 1. The summed E-state index contributed by atoms with van der Waals surface area (Å²) >= 11 is 0. The molecule has 1 unspecified atom stereocenters. The molecule has 0 aromatic heterocycles. The van der Waals surface area contributed by atoms with Crippen molar-refractivity contribution in [3.8, 4) is 11.5 Å². The van der Waals surface area contributed by atoms with Gasteiger partial charge in [0.15, 0.2) is 17.1 Å². The van der Waals surface area contributed by atoms with Gasteiger partial charge in [-0.05, 0) is 5.56 Å². The molecule has 3 N–H and O–H groups in total. The number of carbonyl (C=O) groups is 2. The number of fused-ring (bicyclic) bond motifs is 1. The summed E-state index contributed by atoms with van der Waals surface area (Å²) in [6.07, 6.45) is -0.0250. The SMILES string of the molecule is COC(=O)Cc1ccc(C(O)(C(N)=O)c2ccccc2)c2c1OCO2. The molecule has 1 atom stereocenters. The largest absolute Gasteiger partial charge is 0.469 e. The van der Waals surface area contributed by atoms with Gasteiger partial charge < -0.3 is 25.1 Å². The van der Waals surface area contributed by atoms with Crippen LogP contribution in [-0.2, 0) is 26.3 Å². The van der Waals surface area contributed by atoms with E-state index in [0.717, 1.165) is 0 Å². The summed E-state index contributed by atoms with van der Waals surface area (Å²) in [4.78, 5) is 23.7. The number of carbonyl (C=O) groups excluding carboxylic acids is 2. The van der Waals surface area contributed by atoms with Crippen molar-refractivity contribution in [1.82, 2.24) is 0 Å². The number of hydrogen-bond acceptors (Lipinski definition) is 6. The monoisotopic (exact) mass is 343 g/mol. The normalized spacial score (nSPS) is 14.6. The van der Waals surface area contributed by atoms with Crippen LogP contribution in [0.4, 0.5) is 0 Å². The van der Waals surface area contributed by atoms with Gasteiger partial charge in [-0.1, -0.05) is 42.5 Å². The second kappa shape index (κ2) is 6.45. The molecule has 1 heterocycles. The Morgan fingerprint density at radius 2 is 1.84 bits per heavy atom. The van der Waals surface area contributed by atoms with Crippen molar-refractivity contribution in [3.63, 3.8) is 0 Å². The van der Waals surface area contributed by atoms with Gasteiger partial charge in [0.05, 0.1) is 13.5 Å². The first-order chi connectivity index (χ1) is 12.0. The minimum absolute atomic E-state index is 0.0250. The Morgan fingerprint density at radius 3 is 2.48 bits per heavy atom. The molecule has 25 heavy (non-hydrogen) atoms. The molecular formula is C18H17NO6. The summed E-state index contributed by atoms with van der Waals surface area (Å²) < 4.78 is 15.6. The Balaban J connectivity index is 2.15. The summed E-state index contributed by atoms with van der Waals surface area (Å²) in [6, 6.07) is 11.4. The van der Waals surface area contributed by atoms with Gasteiger partial charge in [0, 0.05) is 11.1 Å². The number of hydrogen-bond donors (Lipinski definition) is 2. The first kappa shape index (κ1) is 16.8. The molecule has 0 radical (unpaired) electrons. The highest BCUT2D eigenvalue weighted by atomic mass is 16.7. The summed E-state index contributed by atoms with van der Waals surface area (Å²) in [5, 5.41) is 11.1. The zero-order chi connectivity index (χ0) is 18.0. The second-order valence-electron chi connectivity index (χ2n) is 5.53. The first-order valence-corrected chi connectivity index (χ1v) is 7.55. The fourth-order valence-electron chi connectivity index (χ4n) is 2.81. The third kappa shape index (κ3) is 2.78. The molecule has 1 amide bonds. The van der Waals surface area contributed by atoms with Crippen molar-refractivity contribution in [2.75, 3.05) is 13.9 Å². The molecule has 0 saturated carbocycles. The van der Waals surface area contributed by atoms with Crippen LogP contribution in [0.2, 0.25) is 0 Å². The Kier molecular flexibility index (Phi) is 4.33. The van der Waals surface area contributed by atoms with Gasteiger partial charge >= 0.3 is 5.97 Å². The van der Waals surface area contributed by atoms with Crippen molar-refractivity contribution in [2.24, 2.45) is 5.73 Å². The lowest BCUT2D eigenvalue weighted by atomic mass is 9.84. The third-order valence-corrected chi connectivity index (χ3v) is 4.10. The number of benzene rings is 2. The molecule has 0 saturated heterocycles. The van der Waals surface area contributed by atoms with Gasteiger partial charge in [0.1, 0.15) is 0 Å². The summed E-state index contributed by atoms with van der Waals surface area (Å²) in [7, 11) is 1.29. The zero-order valence-electron chi connectivity index (χ0n) is 13.5. The van der Waals surface area contributed by atoms with Crippen LogP contribution in [0.1, 0.15) is 16.7 Å². The minimum atomic E-state index is -2.09. The van der Waals surface area contributed by atoms with Gasteiger partial charge in [-0.25, -0.2) is 0 Å². The maximum absolute atomic E-state index is 12.1. The molecule has 3 rings (SSSR count). The van der Waals surface area contributed by atoms with Crippen LogP contribution in [0.5, 0.6) is 11.5 Å². The van der Waals surface area contributed by atoms with E-state index in [-0.39, 0.29) is 24.5 Å². The molecule has 2 aromatic rings. The molecular weight excluding hydrogens is 326 g/mol. The lowest BCUT2D eigenvalue weighted by Crippen LogP contribution is -2.42. The molecule has 0 fully saturated rings. The number of rotatable bonds is 5. The summed E-state index contributed by atoms with van der Waals surface area (Å²) in [5.74, 6) is -0.916. The zero-order valence-corrected chi connectivity index (χ0v) is 13.5. The fraction of sp³-hybridized carbons (Fsp3) is 0.222. The van der Waals surface area contributed by atoms with E-state index < -0.39 is 17.5 Å². The molecule has 1 aliphatic rings. The van der Waals surface area contributed by atoms with Gasteiger partial charge in [-0.2, -0.15) is 0 Å². The van der Waals surface area contributed by atoms with Crippen LogP contribution in [0.3, 0.4) is 0 Å². The minimum Gasteiger partial charge on any atom is -0.469 e. The average Bonchev–Trinajstić information content (AvgIpc) is 3.12. The maximum Gasteiger partial charge on any atom is 0.310 e. The Morgan fingerprint density at radius 1 is 1.16 bits per heavy atom. The number of esters is 1. The Bertz CT molecular complexity index is 820. The van der Waals surface area contributed by atoms with Crippen LogP contribution < -0.4 is 15.2 Å². The highest BCUT2D eigenvalue weighted by molar-refractivity contribution is 5.90. The number of aliphatic hydroxyl groups is 1. The predicted octanol–water partition coefficient (Wildman–Crippen LogP) is 0.852. The lowest BCUT2D eigenvalue weighted by molar-refractivity contribution is -0.139. The van der Waals surface area contributed by atoms with Crippen LogP contribution in [0, 0.1) is 0 Å². The van der Waals surface area contributed by atoms with E-state index in [0.29, 0.717) is 16.9 Å². The van der Waals surface area contributed by atoms with E-state index >= 15 is 0 Å². The maximum atomic E-state index is 12.1. The summed E-state index contributed by atoms with van der Waals surface area (Å²) in [5.41, 5.74) is 4.41. The van der Waals surface area contributed by atoms with Crippen molar-refractivity contribution >= 4 is 11.9 Å². The first-order valence-electron chi connectivity index (χ1n) is 7.55. The predicted molar refractivity (Wildman–Crippen MR) is 86.9 cm³/mol. The molecule has 0 spiro atoms. The molecule has 0 aliphatic carbocycles. The lowest BCUT2D eigenvalue weighted by Gasteiger charge is -2.27. The van der Waals surface area contributed by atoms with E-state index in [2.05, 4.69) is 4.74 Å². The van der Waals surface area contributed by atoms with Crippen molar-refractivity contribution in [1.29, 1.82) is 0 Å². The van der Waals surface area contributed by atoms with E-state index in [1.54, 1.807) is 36.4 Å². The van der Waals surface area contributed by atoms with Crippen molar-refractivity contribution in [3.05, 3.63) is 59.2 Å². The smallest absolute Gasteiger partial charge is 0.310 e. The molecule has 0 bridgehead atoms. The van der Waals surface area contributed by atoms with Crippen LogP contribution in [-0.4, -0.2) is 30.9 Å². The highest BCUT2D eigenvalue weighted by Gasteiger charge is 2.43. The molecule has 130 valence electrons. The van der Waals surface area contributed by atoms with Crippen molar-refractivity contribution in [2.45, 2.75) is 12.0 Å². The number of amides is 1. The Labute approximate surface area is 143 Å². The average molecular weight is 343 g/mol. The Hall–Kier alpha value is -3.06. The second-order valence-corrected chi connectivity index (χ2v) is 5.53. The van der Waals surface area contributed by atoms with Crippen LogP contribution in [0.15, 0.2) is 42.5 Å². The van der Waals surface area contributed by atoms with Gasteiger partial charge in [-0.3, -0.25) is 9.59 Å².